The Bertz CT molecular complexity index is 248. The molecule has 0 bridgehead atoms. The van der Waals surface area contributed by atoms with Crippen LogP contribution in [0.25, 0.3) is 0 Å². The van der Waals surface area contributed by atoms with Crippen LogP contribution in [0, 0.1) is 0 Å². The molecule has 1 rings (SSSR count). The minimum atomic E-state index is -0.0109. The molecular formula is C11H20N2O. The van der Waals surface area contributed by atoms with Crippen LogP contribution < -0.4 is 5.32 Å². The molecule has 1 atom stereocenters. The zero-order valence-corrected chi connectivity index (χ0v) is 9.55. The molecule has 1 aliphatic heterocycles. The summed E-state index contributed by atoms with van der Waals surface area (Å²) in [5.74, 6) is 0.108. The monoisotopic (exact) mass is 196 g/mol. The molecule has 14 heavy (non-hydrogen) atoms. The van der Waals surface area contributed by atoms with E-state index in [1.54, 1.807) is 6.08 Å². The highest BCUT2D eigenvalue weighted by molar-refractivity contribution is 5.88. The van der Waals surface area contributed by atoms with E-state index in [-0.39, 0.29) is 11.4 Å². The van der Waals surface area contributed by atoms with Crippen molar-refractivity contribution in [3.63, 3.8) is 0 Å². The minimum Gasteiger partial charge on any atom is -0.335 e. The highest BCUT2D eigenvalue weighted by atomic mass is 16.2. The molecule has 0 aromatic heterocycles. The van der Waals surface area contributed by atoms with Gasteiger partial charge in [0.05, 0.1) is 5.54 Å². The zero-order valence-electron chi connectivity index (χ0n) is 9.55. The summed E-state index contributed by atoms with van der Waals surface area (Å²) in [6.45, 7) is 7.92. The molecule has 3 heteroatoms. The lowest BCUT2D eigenvalue weighted by atomic mass is 9.99. The topological polar surface area (TPSA) is 32.3 Å². The molecule has 1 amide bonds. The highest BCUT2D eigenvalue weighted by Crippen LogP contribution is 2.21. The van der Waals surface area contributed by atoms with Crippen molar-refractivity contribution in [1.82, 2.24) is 10.2 Å². The van der Waals surface area contributed by atoms with Gasteiger partial charge in [0.15, 0.2) is 0 Å². The van der Waals surface area contributed by atoms with Gasteiger partial charge < -0.3 is 10.2 Å². The lowest BCUT2D eigenvalue weighted by molar-refractivity contribution is -0.129. The van der Waals surface area contributed by atoms with Gasteiger partial charge in [-0.25, -0.2) is 0 Å². The summed E-state index contributed by atoms with van der Waals surface area (Å²) in [5.41, 5.74) is 1.04. The highest BCUT2D eigenvalue weighted by Gasteiger charge is 2.34. The number of hydrogen-bond donors (Lipinski definition) is 1. The second-order valence-electron chi connectivity index (χ2n) is 4.54. The van der Waals surface area contributed by atoms with Crippen LogP contribution in [0.4, 0.5) is 0 Å². The predicted octanol–water partition coefficient (Wildman–Crippen LogP) is 1.16. The summed E-state index contributed by atoms with van der Waals surface area (Å²) >= 11 is 0. The summed E-state index contributed by atoms with van der Waals surface area (Å²) in [6.07, 6.45) is 2.73. The van der Waals surface area contributed by atoms with Crippen LogP contribution in [-0.4, -0.2) is 36.5 Å². The van der Waals surface area contributed by atoms with E-state index >= 15 is 0 Å². The van der Waals surface area contributed by atoms with Crippen molar-refractivity contribution in [3.05, 3.63) is 11.6 Å². The summed E-state index contributed by atoms with van der Waals surface area (Å²) in [5, 5.41) is 3.29. The van der Waals surface area contributed by atoms with Gasteiger partial charge in [0.2, 0.25) is 5.91 Å². The number of rotatable bonds is 2. The maximum absolute atomic E-state index is 11.8. The molecule has 1 unspecified atom stereocenters. The second-order valence-corrected chi connectivity index (χ2v) is 4.54. The normalized spacial score (nSPS) is 26.0. The fraction of sp³-hybridized carbons (Fsp3) is 0.727. The van der Waals surface area contributed by atoms with Gasteiger partial charge in [0.25, 0.3) is 0 Å². The van der Waals surface area contributed by atoms with Gasteiger partial charge in [0.1, 0.15) is 0 Å². The van der Waals surface area contributed by atoms with E-state index in [1.165, 1.54) is 0 Å². The quantitative estimate of drug-likeness (QED) is 0.672. The summed E-state index contributed by atoms with van der Waals surface area (Å²) in [6, 6.07) is 0. The summed E-state index contributed by atoms with van der Waals surface area (Å²) in [7, 11) is 1.88. The van der Waals surface area contributed by atoms with Crippen molar-refractivity contribution in [3.8, 4) is 0 Å². The molecule has 0 saturated carbocycles. The predicted molar refractivity (Wildman–Crippen MR) is 58.1 cm³/mol. The number of carbonyl (C=O) groups excluding carboxylic acids is 1. The number of amides is 1. The van der Waals surface area contributed by atoms with E-state index in [1.807, 2.05) is 25.8 Å². The minimum absolute atomic E-state index is 0.0109. The van der Waals surface area contributed by atoms with Gasteiger partial charge >= 0.3 is 0 Å². The van der Waals surface area contributed by atoms with Crippen molar-refractivity contribution in [2.75, 3.05) is 20.1 Å². The molecule has 3 nitrogen and oxygen atoms in total. The first-order chi connectivity index (χ1) is 6.46. The molecule has 1 fully saturated rings. The van der Waals surface area contributed by atoms with Crippen molar-refractivity contribution < 1.29 is 4.79 Å². The first kappa shape index (κ1) is 11.2. The molecule has 0 aromatic rings. The summed E-state index contributed by atoms with van der Waals surface area (Å²) in [4.78, 5) is 13.6. The van der Waals surface area contributed by atoms with Gasteiger partial charge in [-0.1, -0.05) is 5.57 Å². The molecule has 0 aliphatic carbocycles. The van der Waals surface area contributed by atoms with Crippen molar-refractivity contribution in [1.29, 1.82) is 0 Å². The fourth-order valence-corrected chi connectivity index (χ4v) is 1.70. The number of likely N-dealkylation sites (N-methyl/N-ethyl adjacent to an activating group) is 1. The van der Waals surface area contributed by atoms with Gasteiger partial charge in [-0.3, -0.25) is 4.79 Å². The first-order valence-electron chi connectivity index (χ1n) is 5.09. The Morgan fingerprint density at radius 2 is 2.14 bits per heavy atom. The van der Waals surface area contributed by atoms with Gasteiger partial charge in [-0.2, -0.15) is 0 Å². The van der Waals surface area contributed by atoms with Crippen LogP contribution in [0.5, 0.6) is 0 Å². The van der Waals surface area contributed by atoms with E-state index in [0.717, 1.165) is 25.1 Å². The molecule has 1 saturated heterocycles. The van der Waals surface area contributed by atoms with E-state index in [9.17, 15) is 4.79 Å². The number of nitrogens with zero attached hydrogens (tertiary/aromatic N) is 1. The number of allylic oxidation sites excluding steroid dienone is 1. The largest absolute Gasteiger partial charge is 0.335 e. The molecule has 0 aromatic carbocycles. The van der Waals surface area contributed by atoms with Gasteiger partial charge in [-0.05, 0) is 33.7 Å². The van der Waals surface area contributed by atoms with E-state index in [4.69, 9.17) is 0 Å². The Balaban J connectivity index is 2.69. The number of hydrogen-bond acceptors (Lipinski definition) is 2. The molecule has 0 spiro atoms. The van der Waals surface area contributed by atoms with Crippen LogP contribution in [0.15, 0.2) is 11.6 Å². The Morgan fingerprint density at radius 1 is 1.50 bits per heavy atom. The Kier molecular flexibility index (Phi) is 3.32. The van der Waals surface area contributed by atoms with Crippen molar-refractivity contribution in [2.24, 2.45) is 0 Å². The molecule has 1 N–H and O–H groups in total. The van der Waals surface area contributed by atoms with Crippen LogP contribution in [-0.2, 0) is 4.79 Å². The first-order valence-corrected chi connectivity index (χ1v) is 5.09. The third-order valence-electron chi connectivity index (χ3n) is 2.90. The lowest BCUT2D eigenvalue weighted by Crippen LogP contribution is -2.48. The average Bonchev–Trinajstić information content (AvgIpc) is 2.51. The molecule has 80 valence electrons. The maximum Gasteiger partial charge on any atom is 0.246 e. The van der Waals surface area contributed by atoms with E-state index in [0.29, 0.717) is 0 Å². The van der Waals surface area contributed by atoms with Crippen LogP contribution in [0.3, 0.4) is 0 Å². The Labute approximate surface area is 86.2 Å². The fourth-order valence-electron chi connectivity index (χ4n) is 1.70. The van der Waals surface area contributed by atoms with Gasteiger partial charge in [-0.15, -0.1) is 0 Å². The summed E-state index contributed by atoms with van der Waals surface area (Å²) < 4.78 is 0. The molecular weight excluding hydrogens is 176 g/mol. The number of carbonyl (C=O) groups is 1. The molecule has 0 radical (unpaired) electrons. The van der Waals surface area contributed by atoms with Crippen LogP contribution >= 0.6 is 0 Å². The smallest absolute Gasteiger partial charge is 0.246 e. The third kappa shape index (κ3) is 2.35. The third-order valence-corrected chi connectivity index (χ3v) is 2.90. The number of nitrogens with one attached hydrogen (secondary N) is 1. The van der Waals surface area contributed by atoms with Crippen molar-refractivity contribution in [2.45, 2.75) is 32.7 Å². The van der Waals surface area contributed by atoms with Crippen molar-refractivity contribution >= 4 is 5.91 Å². The van der Waals surface area contributed by atoms with Gasteiger partial charge in [0, 0.05) is 19.7 Å². The zero-order chi connectivity index (χ0) is 10.8. The Morgan fingerprint density at radius 3 is 2.57 bits per heavy atom. The Hall–Kier alpha value is -0.830. The SMILES string of the molecule is CC(C)=CC(=O)N(C)C1(C)CCNC1. The second kappa shape index (κ2) is 4.13. The maximum atomic E-state index is 11.8. The van der Waals surface area contributed by atoms with Crippen LogP contribution in [0.1, 0.15) is 27.2 Å². The molecule has 1 aliphatic rings. The molecule has 1 heterocycles. The van der Waals surface area contributed by atoms with Crippen LogP contribution in [0.2, 0.25) is 0 Å². The average molecular weight is 196 g/mol. The standard InChI is InChI=1S/C11H20N2O/c1-9(2)7-10(14)13(4)11(3)5-6-12-8-11/h7,12H,5-6,8H2,1-4H3. The van der Waals surface area contributed by atoms with E-state index < -0.39 is 0 Å². The van der Waals surface area contributed by atoms with E-state index in [2.05, 4.69) is 12.2 Å². The lowest BCUT2D eigenvalue weighted by Gasteiger charge is -2.34.